The standard InChI is InChI=1S/C23H24N2O4S/c1-17-3-5-18(6-4-17)7-16-23(26)24-19-10-14-22(15-11-19)30(27,28)25-20-8-12-21(29-2)13-9-20/h3-6,8-15,25H,7,16H2,1-2H3,(H,24,26). The molecule has 0 heterocycles. The average molecular weight is 425 g/mol. The molecule has 1 amide bonds. The first-order valence-corrected chi connectivity index (χ1v) is 11.0. The molecule has 0 aliphatic heterocycles. The van der Waals surface area contributed by atoms with Crippen LogP contribution in [0.4, 0.5) is 11.4 Å². The maximum atomic E-state index is 12.5. The monoisotopic (exact) mass is 424 g/mol. The molecule has 0 radical (unpaired) electrons. The first-order valence-electron chi connectivity index (χ1n) is 9.48. The molecule has 7 heteroatoms. The van der Waals surface area contributed by atoms with Gasteiger partial charge in [0, 0.05) is 17.8 Å². The summed E-state index contributed by atoms with van der Waals surface area (Å²) >= 11 is 0. The molecule has 3 aromatic carbocycles. The number of amides is 1. The van der Waals surface area contributed by atoms with Crippen LogP contribution in [0.5, 0.6) is 5.75 Å². The molecular formula is C23H24N2O4S. The molecule has 0 fully saturated rings. The Morgan fingerprint density at radius 3 is 2.07 bits per heavy atom. The molecule has 0 bridgehead atoms. The predicted molar refractivity (Wildman–Crippen MR) is 118 cm³/mol. The Kier molecular flexibility index (Phi) is 6.74. The number of hydrogen-bond acceptors (Lipinski definition) is 4. The number of methoxy groups -OCH3 is 1. The summed E-state index contributed by atoms with van der Waals surface area (Å²) in [7, 11) is -2.19. The van der Waals surface area contributed by atoms with Gasteiger partial charge in [-0.1, -0.05) is 29.8 Å². The minimum Gasteiger partial charge on any atom is -0.497 e. The van der Waals surface area contributed by atoms with Gasteiger partial charge in [0.1, 0.15) is 5.75 Å². The zero-order chi connectivity index (χ0) is 21.6. The van der Waals surface area contributed by atoms with E-state index < -0.39 is 10.0 Å². The summed E-state index contributed by atoms with van der Waals surface area (Å²) in [5, 5.41) is 2.80. The fourth-order valence-electron chi connectivity index (χ4n) is 2.83. The van der Waals surface area contributed by atoms with Crippen molar-refractivity contribution in [1.29, 1.82) is 0 Å². The molecule has 0 unspecified atom stereocenters. The SMILES string of the molecule is COc1ccc(NS(=O)(=O)c2ccc(NC(=O)CCc3ccc(C)cc3)cc2)cc1. The molecule has 0 atom stereocenters. The molecule has 0 aromatic heterocycles. The molecule has 0 aliphatic rings. The van der Waals surface area contributed by atoms with Crippen LogP contribution in [0.3, 0.4) is 0 Å². The number of sulfonamides is 1. The van der Waals surface area contributed by atoms with Crippen molar-refractivity contribution >= 4 is 27.3 Å². The lowest BCUT2D eigenvalue weighted by molar-refractivity contribution is -0.116. The lowest BCUT2D eigenvalue weighted by Gasteiger charge is -2.10. The van der Waals surface area contributed by atoms with Crippen molar-refractivity contribution in [3.8, 4) is 5.75 Å². The number of nitrogens with one attached hydrogen (secondary N) is 2. The average Bonchev–Trinajstić information content (AvgIpc) is 2.74. The van der Waals surface area contributed by atoms with Crippen molar-refractivity contribution in [2.45, 2.75) is 24.7 Å². The van der Waals surface area contributed by atoms with Crippen molar-refractivity contribution in [2.75, 3.05) is 17.1 Å². The highest BCUT2D eigenvalue weighted by Gasteiger charge is 2.14. The Morgan fingerprint density at radius 1 is 0.867 bits per heavy atom. The van der Waals surface area contributed by atoms with Gasteiger partial charge in [0.2, 0.25) is 5.91 Å². The van der Waals surface area contributed by atoms with Gasteiger partial charge >= 0.3 is 0 Å². The van der Waals surface area contributed by atoms with Crippen LogP contribution in [-0.2, 0) is 21.2 Å². The molecule has 156 valence electrons. The Hall–Kier alpha value is -3.32. The molecule has 6 nitrogen and oxygen atoms in total. The zero-order valence-corrected chi connectivity index (χ0v) is 17.7. The van der Waals surface area contributed by atoms with Gasteiger partial charge in [0.15, 0.2) is 0 Å². The van der Waals surface area contributed by atoms with Crippen LogP contribution in [-0.4, -0.2) is 21.4 Å². The fourth-order valence-corrected chi connectivity index (χ4v) is 3.89. The van der Waals surface area contributed by atoms with E-state index in [0.29, 0.717) is 30.0 Å². The molecular weight excluding hydrogens is 400 g/mol. The summed E-state index contributed by atoms with van der Waals surface area (Å²) in [6.45, 7) is 2.02. The number of carbonyl (C=O) groups excluding carboxylic acids is 1. The van der Waals surface area contributed by atoms with E-state index in [1.165, 1.54) is 17.7 Å². The number of aryl methyl sites for hydroxylation is 2. The highest BCUT2D eigenvalue weighted by Crippen LogP contribution is 2.20. The van der Waals surface area contributed by atoms with Crippen LogP contribution in [0.25, 0.3) is 0 Å². The lowest BCUT2D eigenvalue weighted by atomic mass is 10.1. The number of ether oxygens (including phenoxy) is 1. The summed E-state index contributed by atoms with van der Waals surface area (Å²) in [5.74, 6) is 0.517. The smallest absolute Gasteiger partial charge is 0.261 e. The summed E-state index contributed by atoms with van der Waals surface area (Å²) < 4.78 is 32.7. The third-order valence-corrected chi connectivity index (χ3v) is 5.95. The van der Waals surface area contributed by atoms with Crippen LogP contribution < -0.4 is 14.8 Å². The topological polar surface area (TPSA) is 84.5 Å². The Bertz CT molecular complexity index is 1090. The number of hydrogen-bond donors (Lipinski definition) is 2. The Balaban J connectivity index is 1.57. The number of anilines is 2. The maximum absolute atomic E-state index is 12.5. The summed E-state index contributed by atoms with van der Waals surface area (Å²) in [6, 6.07) is 20.7. The van der Waals surface area contributed by atoms with Gasteiger partial charge in [0.25, 0.3) is 10.0 Å². The summed E-state index contributed by atoms with van der Waals surface area (Å²) in [4.78, 5) is 12.3. The number of carbonyl (C=O) groups is 1. The van der Waals surface area contributed by atoms with Gasteiger partial charge in [-0.15, -0.1) is 0 Å². The van der Waals surface area contributed by atoms with Crippen molar-refractivity contribution < 1.29 is 17.9 Å². The van der Waals surface area contributed by atoms with Gasteiger partial charge in [-0.2, -0.15) is 0 Å². The minimum absolute atomic E-state index is 0.107. The van der Waals surface area contributed by atoms with E-state index >= 15 is 0 Å². The number of benzene rings is 3. The van der Waals surface area contributed by atoms with Gasteiger partial charge in [-0.05, 0) is 67.4 Å². The van der Waals surface area contributed by atoms with Crippen LogP contribution >= 0.6 is 0 Å². The van der Waals surface area contributed by atoms with Crippen LogP contribution in [0.1, 0.15) is 17.5 Å². The molecule has 0 saturated heterocycles. The first kappa shape index (κ1) is 21.4. The number of rotatable bonds is 8. The third-order valence-electron chi connectivity index (χ3n) is 4.55. The van der Waals surface area contributed by atoms with E-state index in [9.17, 15) is 13.2 Å². The van der Waals surface area contributed by atoms with E-state index in [2.05, 4.69) is 10.0 Å². The van der Waals surface area contributed by atoms with Gasteiger partial charge in [0.05, 0.1) is 12.0 Å². The van der Waals surface area contributed by atoms with Crippen LogP contribution in [0.15, 0.2) is 77.7 Å². The molecule has 0 saturated carbocycles. The van der Waals surface area contributed by atoms with E-state index in [1.54, 1.807) is 43.5 Å². The molecule has 3 aromatic rings. The fraction of sp³-hybridized carbons (Fsp3) is 0.174. The van der Waals surface area contributed by atoms with Crippen molar-refractivity contribution in [3.05, 3.63) is 83.9 Å². The highest BCUT2D eigenvalue weighted by atomic mass is 32.2. The lowest BCUT2D eigenvalue weighted by Crippen LogP contribution is -2.14. The Morgan fingerprint density at radius 2 is 1.47 bits per heavy atom. The van der Waals surface area contributed by atoms with E-state index in [0.717, 1.165) is 5.56 Å². The third kappa shape index (κ3) is 5.84. The Labute approximate surface area is 177 Å². The molecule has 2 N–H and O–H groups in total. The van der Waals surface area contributed by atoms with Crippen molar-refractivity contribution in [1.82, 2.24) is 0 Å². The normalized spacial score (nSPS) is 11.0. The second-order valence-electron chi connectivity index (χ2n) is 6.89. The van der Waals surface area contributed by atoms with E-state index in [1.807, 2.05) is 31.2 Å². The van der Waals surface area contributed by atoms with Crippen LogP contribution in [0.2, 0.25) is 0 Å². The van der Waals surface area contributed by atoms with Crippen molar-refractivity contribution in [2.24, 2.45) is 0 Å². The van der Waals surface area contributed by atoms with Gasteiger partial charge in [-0.25, -0.2) is 8.42 Å². The van der Waals surface area contributed by atoms with Gasteiger partial charge < -0.3 is 10.1 Å². The van der Waals surface area contributed by atoms with E-state index in [-0.39, 0.29) is 10.8 Å². The van der Waals surface area contributed by atoms with Gasteiger partial charge in [-0.3, -0.25) is 9.52 Å². The molecule has 30 heavy (non-hydrogen) atoms. The molecule has 3 rings (SSSR count). The maximum Gasteiger partial charge on any atom is 0.261 e. The zero-order valence-electron chi connectivity index (χ0n) is 16.9. The minimum atomic E-state index is -3.73. The highest BCUT2D eigenvalue weighted by molar-refractivity contribution is 7.92. The van der Waals surface area contributed by atoms with E-state index in [4.69, 9.17) is 4.74 Å². The summed E-state index contributed by atoms with van der Waals surface area (Å²) in [5.41, 5.74) is 3.26. The molecule has 0 aliphatic carbocycles. The second-order valence-corrected chi connectivity index (χ2v) is 8.57. The molecule has 0 spiro atoms. The predicted octanol–water partition coefficient (Wildman–Crippen LogP) is 4.38. The summed E-state index contributed by atoms with van der Waals surface area (Å²) in [6.07, 6.45) is 0.993. The quantitative estimate of drug-likeness (QED) is 0.562. The van der Waals surface area contributed by atoms with Crippen LogP contribution in [0, 0.1) is 6.92 Å². The largest absolute Gasteiger partial charge is 0.497 e. The van der Waals surface area contributed by atoms with Crippen molar-refractivity contribution in [3.63, 3.8) is 0 Å². The second kappa shape index (κ2) is 9.45. The first-order chi connectivity index (χ1) is 14.4.